The van der Waals surface area contributed by atoms with Gasteiger partial charge in [-0.3, -0.25) is 4.98 Å². The van der Waals surface area contributed by atoms with Crippen LogP contribution < -0.4 is 4.90 Å². The molecule has 0 N–H and O–H groups in total. The van der Waals surface area contributed by atoms with Gasteiger partial charge in [0.25, 0.3) is 0 Å². The van der Waals surface area contributed by atoms with Crippen LogP contribution in [0.25, 0.3) is 0 Å². The van der Waals surface area contributed by atoms with Crippen molar-refractivity contribution >= 4 is 5.82 Å². The van der Waals surface area contributed by atoms with E-state index >= 15 is 0 Å². The molecule has 0 bridgehead atoms. The van der Waals surface area contributed by atoms with Gasteiger partial charge in [-0.05, 0) is 30.2 Å². The Morgan fingerprint density at radius 3 is 2.84 bits per heavy atom. The molecule has 3 heterocycles. The summed E-state index contributed by atoms with van der Waals surface area (Å²) in [6.45, 7) is 1.88. The fourth-order valence-electron chi connectivity index (χ4n) is 2.46. The Labute approximate surface area is 111 Å². The number of aromatic nitrogens is 3. The molecular weight excluding hydrogens is 238 g/mol. The molecule has 0 spiro atoms. The average molecular weight is 251 g/mol. The van der Waals surface area contributed by atoms with Gasteiger partial charge in [-0.15, -0.1) is 0 Å². The first-order valence-electron chi connectivity index (χ1n) is 6.25. The lowest BCUT2D eigenvalue weighted by Crippen LogP contribution is -2.20. The predicted molar refractivity (Wildman–Crippen MR) is 70.6 cm³/mol. The molecule has 94 valence electrons. The molecule has 0 saturated carbocycles. The topological polar surface area (TPSA) is 65.7 Å². The molecule has 3 rings (SSSR count). The van der Waals surface area contributed by atoms with Gasteiger partial charge in [0.15, 0.2) is 0 Å². The fraction of sp³-hybridized carbons (Fsp3) is 0.286. The molecule has 0 amide bonds. The van der Waals surface area contributed by atoms with E-state index in [9.17, 15) is 0 Å². The summed E-state index contributed by atoms with van der Waals surface area (Å²) in [5, 5.41) is 8.83. The van der Waals surface area contributed by atoms with E-state index in [2.05, 4.69) is 32.0 Å². The van der Waals surface area contributed by atoms with Gasteiger partial charge in [-0.25, -0.2) is 9.97 Å². The molecule has 5 heteroatoms. The number of hydrogen-bond donors (Lipinski definition) is 0. The molecule has 0 aromatic carbocycles. The van der Waals surface area contributed by atoms with E-state index in [-0.39, 0.29) is 5.82 Å². The highest BCUT2D eigenvalue weighted by Gasteiger charge is 2.24. The second kappa shape index (κ2) is 5.02. The molecule has 1 aliphatic rings. The summed E-state index contributed by atoms with van der Waals surface area (Å²) >= 11 is 0. The van der Waals surface area contributed by atoms with Gasteiger partial charge in [-0.1, -0.05) is 0 Å². The maximum absolute atomic E-state index is 8.83. The van der Waals surface area contributed by atoms with E-state index in [0.717, 1.165) is 25.3 Å². The summed E-state index contributed by atoms with van der Waals surface area (Å²) in [7, 11) is 0. The van der Waals surface area contributed by atoms with Gasteiger partial charge in [-0.2, -0.15) is 5.26 Å². The van der Waals surface area contributed by atoms with E-state index in [1.54, 1.807) is 6.20 Å². The first-order valence-corrected chi connectivity index (χ1v) is 6.25. The number of rotatable bonds is 2. The summed E-state index contributed by atoms with van der Waals surface area (Å²) < 4.78 is 0. The van der Waals surface area contributed by atoms with Crippen LogP contribution in [0.4, 0.5) is 5.82 Å². The number of anilines is 1. The standard InChI is InChI=1S/C14H13N5/c15-9-13-17-7-3-14(18-13)19-8-4-12(10-19)11-1-5-16-6-2-11/h1-3,5-7,12H,4,8,10H2. The highest BCUT2D eigenvalue weighted by Crippen LogP contribution is 2.29. The Bertz CT molecular complexity index is 605. The van der Waals surface area contributed by atoms with E-state index in [1.807, 2.05) is 24.5 Å². The average Bonchev–Trinajstić information content (AvgIpc) is 2.98. The molecule has 5 nitrogen and oxygen atoms in total. The summed E-state index contributed by atoms with van der Waals surface area (Å²) in [4.78, 5) is 14.4. The highest BCUT2D eigenvalue weighted by atomic mass is 15.2. The van der Waals surface area contributed by atoms with Crippen LogP contribution in [0.3, 0.4) is 0 Å². The van der Waals surface area contributed by atoms with Crippen LogP contribution in [0.1, 0.15) is 23.7 Å². The monoisotopic (exact) mass is 251 g/mol. The summed E-state index contributed by atoms with van der Waals surface area (Å²) in [5.74, 6) is 1.57. The minimum Gasteiger partial charge on any atom is -0.356 e. The SMILES string of the molecule is N#Cc1nccc(N2CCC(c3ccncc3)C2)n1. The molecule has 1 aliphatic heterocycles. The van der Waals surface area contributed by atoms with Gasteiger partial charge >= 0.3 is 0 Å². The summed E-state index contributed by atoms with van der Waals surface area (Å²) in [6.07, 6.45) is 6.39. The van der Waals surface area contributed by atoms with E-state index in [4.69, 9.17) is 5.26 Å². The van der Waals surface area contributed by atoms with Crippen LogP contribution in [0.5, 0.6) is 0 Å². The van der Waals surface area contributed by atoms with Gasteiger partial charge in [0.1, 0.15) is 11.9 Å². The van der Waals surface area contributed by atoms with Crippen molar-refractivity contribution in [3.05, 3.63) is 48.2 Å². The van der Waals surface area contributed by atoms with Gasteiger partial charge in [0.2, 0.25) is 5.82 Å². The van der Waals surface area contributed by atoms with Crippen LogP contribution in [0.2, 0.25) is 0 Å². The van der Waals surface area contributed by atoms with E-state index < -0.39 is 0 Å². The first kappa shape index (κ1) is 11.6. The maximum atomic E-state index is 8.83. The zero-order valence-electron chi connectivity index (χ0n) is 10.4. The van der Waals surface area contributed by atoms with Crippen molar-refractivity contribution in [2.75, 3.05) is 18.0 Å². The third-order valence-electron chi connectivity index (χ3n) is 3.43. The first-order chi connectivity index (χ1) is 9.36. The normalized spacial score (nSPS) is 18.3. The quantitative estimate of drug-likeness (QED) is 0.813. The second-order valence-corrected chi connectivity index (χ2v) is 4.56. The van der Waals surface area contributed by atoms with E-state index in [0.29, 0.717) is 5.92 Å². The smallest absolute Gasteiger partial charge is 0.234 e. The largest absolute Gasteiger partial charge is 0.356 e. The summed E-state index contributed by atoms with van der Waals surface area (Å²) in [6, 6.07) is 7.96. The van der Waals surface area contributed by atoms with Crippen molar-refractivity contribution in [2.24, 2.45) is 0 Å². The Morgan fingerprint density at radius 1 is 1.21 bits per heavy atom. The van der Waals surface area contributed by atoms with Gasteiger partial charge in [0.05, 0.1) is 0 Å². The van der Waals surface area contributed by atoms with Crippen LogP contribution in [0.15, 0.2) is 36.8 Å². The molecule has 0 radical (unpaired) electrons. The molecule has 2 aromatic rings. The second-order valence-electron chi connectivity index (χ2n) is 4.56. The minimum atomic E-state index is 0.227. The lowest BCUT2D eigenvalue weighted by molar-refractivity contribution is 0.772. The third-order valence-corrected chi connectivity index (χ3v) is 3.43. The van der Waals surface area contributed by atoms with Crippen LogP contribution >= 0.6 is 0 Å². The van der Waals surface area contributed by atoms with Crippen LogP contribution in [-0.2, 0) is 0 Å². The zero-order valence-corrected chi connectivity index (χ0v) is 10.4. The minimum absolute atomic E-state index is 0.227. The van der Waals surface area contributed by atoms with E-state index in [1.165, 1.54) is 5.56 Å². The lowest BCUT2D eigenvalue weighted by Gasteiger charge is -2.17. The Hall–Kier alpha value is -2.48. The lowest BCUT2D eigenvalue weighted by atomic mass is 10.00. The van der Waals surface area contributed by atoms with Gasteiger partial charge in [0, 0.05) is 37.6 Å². The molecular formula is C14H13N5. The van der Waals surface area contributed by atoms with Gasteiger partial charge < -0.3 is 4.90 Å². The van der Waals surface area contributed by atoms with Crippen molar-refractivity contribution in [3.8, 4) is 6.07 Å². The molecule has 2 aromatic heterocycles. The molecule has 0 aliphatic carbocycles. The predicted octanol–water partition coefficient (Wildman–Crippen LogP) is 1.74. The Kier molecular flexibility index (Phi) is 3.07. The molecule has 1 fully saturated rings. The highest BCUT2D eigenvalue weighted by molar-refractivity contribution is 5.41. The fourth-order valence-corrected chi connectivity index (χ4v) is 2.46. The van der Waals surface area contributed by atoms with Crippen LogP contribution in [0, 0.1) is 11.3 Å². The summed E-state index contributed by atoms with van der Waals surface area (Å²) in [5.41, 5.74) is 1.31. The van der Waals surface area contributed by atoms with Crippen LogP contribution in [-0.4, -0.2) is 28.0 Å². The van der Waals surface area contributed by atoms with Crippen molar-refractivity contribution in [3.63, 3.8) is 0 Å². The Balaban J connectivity index is 1.77. The number of hydrogen-bond acceptors (Lipinski definition) is 5. The van der Waals surface area contributed by atoms with Crippen molar-refractivity contribution in [1.29, 1.82) is 5.26 Å². The maximum Gasteiger partial charge on any atom is 0.234 e. The number of nitriles is 1. The molecule has 1 unspecified atom stereocenters. The number of nitrogens with zero attached hydrogens (tertiary/aromatic N) is 5. The van der Waals surface area contributed by atoms with Crippen molar-refractivity contribution < 1.29 is 0 Å². The Morgan fingerprint density at radius 2 is 2.05 bits per heavy atom. The molecule has 1 saturated heterocycles. The molecule has 19 heavy (non-hydrogen) atoms. The zero-order chi connectivity index (χ0) is 13.1. The third kappa shape index (κ3) is 2.38. The van der Waals surface area contributed by atoms with Crippen molar-refractivity contribution in [2.45, 2.75) is 12.3 Å². The van der Waals surface area contributed by atoms with Crippen molar-refractivity contribution in [1.82, 2.24) is 15.0 Å². The molecule has 1 atom stereocenters. The number of pyridine rings is 1.